The number of carbonyl (C=O) groups is 4. The van der Waals surface area contributed by atoms with Crippen LogP contribution in [0.15, 0.2) is 60.7 Å². The van der Waals surface area contributed by atoms with Gasteiger partial charge in [0, 0.05) is 13.5 Å². The van der Waals surface area contributed by atoms with E-state index in [0.717, 1.165) is 16.0 Å². The second-order valence-electron chi connectivity index (χ2n) is 11.2. The Balaban J connectivity index is 0.000000391. The Morgan fingerprint density at radius 2 is 1.15 bits per heavy atom. The minimum atomic E-state index is -1.05. The minimum Gasteiger partial charge on any atom is -0.481 e. The van der Waals surface area contributed by atoms with E-state index in [4.69, 9.17) is 9.47 Å². The van der Waals surface area contributed by atoms with Crippen LogP contribution in [0.5, 0.6) is 0 Å². The summed E-state index contributed by atoms with van der Waals surface area (Å²) >= 11 is 0. The quantitative estimate of drug-likeness (QED) is 0.412. The first-order valence-electron chi connectivity index (χ1n) is 12.7. The molecule has 9 nitrogen and oxygen atoms in total. The molecule has 0 bridgehead atoms. The molecule has 0 saturated carbocycles. The Morgan fingerprint density at radius 1 is 0.718 bits per heavy atom. The molecule has 0 saturated heterocycles. The third-order valence-electron chi connectivity index (χ3n) is 5.21. The highest BCUT2D eigenvalue weighted by Crippen LogP contribution is 2.17. The molecule has 0 radical (unpaired) electrons. The van der Waals surface area contributed by atoms with Crippen LogP contribution in [0.25, 0.3) is 0 Å². The smallest absolute Gasteiger partial charge is 0.410 e. The van der Waals surface area contributed by atoms with Gasteiger partial charge in [-0.2, -0.15) is 0 Å². The van der Waals surface area contributed by atoms with Crippen LogP contribution in [0.2, 0.25) is 0 Å². The van der Waals surface area contributed by atoms with Crippen molar-refractivity contribution in [1.29, 1.82) is 0 Å². The lowest BCUT2D eigenvalue weighted by atomic mass is 9.96. The van der Waals surface area contributed by atoms with Gasteiger partial charge in [-0.1, -0.05) is 60.7 Å². The summed E-state index contributed by atoms with van der Waals surface area (Å²) in [6.45, 7) is 10.5. The van der Waals surface area contributed by atoms with Gasteiger partial charge < -0.3 is 19.7 Å². The van der Waals surface area contributed by atoms with Crippen LogP contribution in [-0.2, 0) is 36.7 Å². The first-order valence-corrected chi connectivity index (χ1v) is 12.7. The van der Waals surface area contributed by atoms with Gasteiger partial charge in [0.2, 0.25) is 0 Å². The van der Waals surface area contributed by atoms with Crippen LogP contribution < -0.4 is 0 Å². The van der Waals surface area contributed by atoms with Gasteiger partial charge in [0.1, 0.15) is 17.2 Å². The average molecular weight is 544 g/mol. The zero-order chi connectivity index (χ0) is 29.8. The van der Waals surface area contributed by atoms with Crippen molar-refractivity contribution in [1.82, 2.24) is 4.90 Å². The molecule has 2 atom stereocenters. The highest BCUT2D eigenvalue weighted by Gasteiger charge is 2.30. The van der Waals surface area contributed by atoms with Gasteiger partial charge >= 0.3 is 24.0 Å². The minimum absolute atomic E-state index is 0.110. The fourth-order valence-electron chi connectivity index (χ4n) is 3.42. The molecule has 0 heterocycles. The lowest BCUT2D eigenvalue weighted by Gasteiger charge is -2.28. The summed E-state index contributed by atoms with van der Waals surface area (Å²) in [6.07, 6.45) is -0.177. The standard InChI is InChI=1S/C15H21NO4.C15H20O4/c1-15(2,3)20-14(19)16(4)12(13(17)18)10-11-8-6-5-7-9-11;1-15(2,3)19-13(16)10-12(14(17)18)9-11-7-5-4-6-8-11/h5-9,12H,10H2,1-4H3,(H,17,18);4-8,12H,9-10H2,1-3H3,(H,17,18)/t2*12-/m01/s1. The van der Waals surface area contributed by atoms with Gasteiger partial charge in [0.25, 0.3) is 0 Å². The van der Waals surface area contributed by atoms with Crippen molar-refractivity contribution in [3.8, 4) is 0 Å². The van der Waals surface area contributed by atoms with Crippen LogP contribution in [0, 0.1) is 5.92 Å². The Bertz CT molecular complexity index is 1070. The van der Waals surface area contributed by atoms with Crippen molar-refractivity contribution in [2.24, 2.45) is 5.92 Å². The number of hydrogen-bond donors (Lipinski definition) is 2. The number of likely N-dealkylation sites (N-methyl/N-ethyl adjacent to an activating group) is 1. The summed E-state index contributed by atoms with van der Waals surface area (Å²) in [5, 5.41) is 18.5. The molecule has 0 aliphatic rings. The van der Waals surface area contributed by atoms with E-state index in [1.54, 1.807) is 41.5 Å². The summed E-state index contributed by atoms with van der Waals surface area (Å²) in [5.41, 5.74) is 0.516. The molecule has 1 amide bonds. The molecule has 0 aromatic heterocycles. The molecule has 2 rings (SSSR count). The van der Waals surface area contributed by atoms with Crippen LogP contribution in [0.4, 0.5) is 4.79 Å². The van der Waals surface area contributed by atoms with Crippen LogP contribution in [-0.4, -0.2) is 63.4 Å². The maximum Gasteiger partial charge on any atom is 0.410 e. The molecule has 0 spiro atoms. The number of carboxylic acids is 2. The Morgan fingerprint density at radius 3 is 1.54 bits per heavy atom. The number of amides is 1. The van der Waals surface area contributed by atoms with Gasteiger partial charge in [0.15, 0.2) is 0 Å². The Hall–Kier alpha value is -3.88. The number of aliphatic carboxylic acids is 2. The molecule has 0 unspecified atom stereocenters. The molecule has 9 heteroatoms. The molecule has 2 aromatic rings. The number of ether oxygens (including phenoxy) is 2. The topological polar surface area (TPSA) is 130 Å². The van der Waals surface area contributed by atoms with Crippen molar-refractivity contribution in [3.05, 3.63) is 71.8 Å². The van der Waals surface area contributed by atoms with E-state index in [2.05, 4.69) is 0 Å². The normalized spacial score (nSPS) is 12.7. The zero-order valence-electron chi connectivity index (χ0n) is 23.8. The molecule has 2 aromatic carbocycles. The first kappa shape index (κ1) is 33.1. The predicted octanol–water partition coefficient (Wildman–Crippen LogP) is 5.21. The van der Waals surface area contributed by atoms with Gasteiger partial charge in [-0.3, -0.25) is 14.5 Å². The molecule has 2 N–H and O–H groups in total. The van der Waals surface area contributed by atoms with E-state index in [0.29, 0.717) is 6.42 Å². The molecule has 0 aliphatic heterocycles. The Labute approximate surface area is 230 Å². The summed E-state index contributed by atoms with van der Waals surface area (Å²) in [6, 6.07) is 17.5. The van der Waals surface area contributed by atoms with Crippen molar-refractivity contribution in [3.63, 3.8) is 0 Å². The fraction of sp³-hybridized carbons (Fsp3) is 0.467. The predicted molar refractivity (Wildman–Crippen MR) is 147 cm³/mol. The number of hydrogen-bond acceptors (Lipinski definition) is 6. The lowest BCUT2D eigenvalue weighted by Crippen LogP contribution is -2.46. The maximum absolute atomic E-state index is 11.9. The second kappa shape index (κ2) is 14.9. The van der Waals surface area contributed by atoms with Crippen LogP contribution >= 0.6 is 0 Å². The first-order chi connectivity index (χ1) is 18.0. The van der Waals surface area contributed by atoms with E-state index >= 15 is 0 Å². The SMILES string of the molecule is CC(C)(C)OC(=O)C[C@@H](Cc1ccccc1)C(=O)O.CN(C(=O)OC(C)(C)C)[C@@H](Cc1ccccc1)C(=O)O. The molecule has 39 heavy (non-hydrogen) atoms. The number of benzene rings is 2. The summed E-state index contributed by atoms with van der Waals surface area (Å²) in [5.74, 6) is -3.26. The summed E-state index contributed by atoms with van der Waals surface area (Å²) < 4.78 is 10.3. The van der Waals surface area contributed by atoms with Crippen molar-refractivity contribution in [2.45, 2.75) is 78.0 Å². The average Bonchev–Trinajstić information content (AvgIpc) is 2.81. The number of carbonyl (C=O) groups excluding carboxylic acids is 2. The Kier molecular flexibility index (Phi) is 12.7. The summed E-state index contributed by atoms with van der Waals surface area (Å²) in [4.78, 5) is 47.3. The highest BCUT2D eigenvalue weighted by atomic mass is 16.6. The van der Waals surface area contributed by atoms with E-state index < -0.39 is 47.2 Å². The number of rotatable bonds is 9. The largest absolute Gasteiger partial charge is 0.481 e. The van der Waals surface area contributed by atoms with E-state index in [1.807, 2.05) is 60.7 Å². The van der Waals surface area contributed by atoms with Crippen LogP contribution in [0.1, 0.15) is 59.1 Å². The van der Waals surface area contributed by atoms with Crippen molar-refractivity contribution >= 4 is 24.0 Å². The summed E-state index contributed by atoms with van der Waals surface area (Å²) in [7, 11) is 1.44. The van der Waals surface area contributed by atoms with Crippen molar-refractivity contribution in [2.75, 3.05) is 7.05 Å². The number of carboxylic acid groups (broad SMARTS) is 2. The zero-order valence-corrected chi connectivity index (χ0v) is 23.8. The fourth-order valence-corrected chi connectivity index (χ4v) is 3.42. The third-order valence-corrected chi connectivity index (χ3v) is 5.21. The molecular weight excluding hydrogens is 502 g/mol. The van der Waals surface area contributed by atoms with Gasteiger partial charge in [0.05, 0.1) is 12.3 Å². The maximum atomic E-state index is 11.9. The van der Waals surface area contributed by atoms with E-state index in [9.17, 15) is 29.4 Å². The van der Waals surface area contributed by atoms with E-state index in [1.165, 1.54) is 7.05 Å². The molecule has 0 fully saturated rings. The van der Waals surface area contributed by atoms with Gasteiger partial charge in [-0.25, -0.2) is 9.59 Å². The van der Waals surface area contributed by atoms with E-state index in [-0.39, 0.29) is 12.8 Å². The number of nitrogens with zero attached hydrogens (tertiary/aromatic N) is 1. The van der Waals surface area contributed by atoms with Crippen molar-refractivity contribution < 1.29 is 38.9 Å². The molecule has 214 valence electrons. The second-order valence-corrected chi connectivity index (χ2v) is 11.2. The van der Waals surface area contributed by atoms with Gasteiger partial charge in [-0.15, -0.1) is 0 Å². The third kappa shape index (κ3) is 14.0. The number of esters is 1. The van der Waals surface area contributed by atoms with Gasteiger partial charge in [-0.05, 0) is 59.1 Å². The lowest BCUT2D eigenvalue weighted by molar-refractivity contribution is -0.159. The van der Waals surface area contributed by atoms with Crippen LogP contribution in [0.3, 0.4) is 0 Å². The monoisotopic (exact) mass is 543 g/mol. The highest BCUT2D eigenvalue weighted by molar-refractivity contribution is 5.80. The molecule has 0 aliphatic carbocycles. The molecular formula is C30H41NO8.